The minimum absolute atomic E-state index is 0.146. The van der Waals surface area contributed by atoms with Gasteiger partial charge in [0.05, 0.1) is 6.20 Å². The van der Waals surface area contributed by atoms with Crippen molar-refractivity contribution in [1.82, 2.24) is 15.3 Å². The second-order valence-electron chi connectivity index (χ2n) is 6.35. The van der Waals surface area contributed by atoms with Crippen molar-refractivity contribution in [2.75, 3.05) is 24.5 Å². The zero-order valence-electron chi connectivity index (χ0n) is 13.9. The van der Waals surface area contributed by atoms with Crippen LogP contribution in [0.3, 0.4) is 0 Å². The molecule has 0 aliphatic carbocycles. The minimum atomic E-state index is -0.146. The average molecular weight is 336 g/mol. The van der Waals surface area contributed by atoms with E-state index < -0.39 is 0 Å². The van der Waals surface area contributed by atoms with Crippen LogP contribution in [0.2, 0.25) is 0 Å². The van der Waals surface area contributed by atoms with E-state index in [-0.39, 0.29) is 5.91 Å². The lowest BCUT2D eigenvalue weighted by molar-refractivity contribution is 0.0919. The van der Waals surface area contributed by atoms with E-state index in [0.29, 0.717) is 18.2 Å². The third-order valence-corrected chi connectivity index (χ3v) is 4.69. The normalized spacial score (nSPS) is 15.4. The van der Waals surface area contributed by atoms with Gasteiger partial charge < -0.3 is 14.6 Å². The molecule has 1 saturated heterocycles. The number of hydrogen-bond acceptors (Lipinski definition) is 5. The molecular weight excluding hydrogens is 316 g/mol. The molecule has 2 aromatic heterocycles. The lowest BCUT2D eigenvalue weighted by atomic mass is 9.97. The number of hydrogen-bond donors (Lipinski definition) is 1. The fourth-order valence-electron chi connectivity index (χ4n) is 3.24. The first-order chi connectivity index (χ1) is 12.3. The zero-order valence-corrected chi connectivity index (χ0v) is 13.9. The fraction of sp³-hybridized carbons (Fsp3) is 0.316. The highest BCUT2D eigenvalue weighted by atomic mass is 16.3. The third-order valence-electron chi connectivity index (χ3n) is 4.69. The summed E-state index contributed by atoms with van der Waals surface area (Å²) in [4.78, 5) is 23.0. The Bertz CT molecular complexity index is 821. The smallest absolute Gasteiger partial charge is 0.287 e. The molecule has 0 spiro atoms. The van der Waals surface area contributed by atoms with Gasteiger partial charge in [-0.15, -0.1) is 0 Å². The van der Waals surface area contributed by atoms with Gasteiger partial charge in [0.25, 0.3) is 5.91 Å². The maximum absolute atomic E-state index is 12.3. The maximum Gasteiger partial charge on any atom is 0.287 e. The van der Waals surface area contributed by atoms with Gasteiger partial charge in [-0.25, -0.2) is 4.98 Å². The molecule has 1 aliphatic heterocycles. The Hall–Kier alpha value is -2.89. The summed E-state index contributed by atoms with van der Waals surface area (Å²) in [5.41, 5.74) is 0.741. The van der Waals surface area contributed by atoms with E-state index in [0.717, 1.165) is 42.7 Å². The molecule has 3 heterocycles. The highest BCUT2D eigenvalue weighted by molar-refractivity contribution is 5.96. The number of rotatable bonds is 4. The summed E-state index contributed by atoms with van der Waals surface area (Å²) < 4.78 is 5.61. The van der Waals surface area contributed by atoms with E-state index in [1.165, 1.54) is 0 Å². The van der Waals surface area contributed by atoms with Crippen molar-refractivity contribution in [2.45, 2.75) is 12.8 Å². The maximum atomic E-state index is 12.3. The van der Waals surface area contributed by atoms with Gasteiger partial charge in [-0.1, -0.05) is 18.2 Å². The van der Waals surface area contributed by atoms with Crippen LogP contribution >= 0.6 is 0 Å². The molecule has 0 unspecified atom stereocenters. The minimum Gasteiger partial charge on any atom is -0.451 e. The fourth-order valence-corrected chi connectivity index (χ4v) is 3.24. The highest BCUT2D eigenvalue weighted by Gasteiger charge is 2.21. The van der Waals surface area contributed by atoms with Crippen LogP contribution in [0.5, 0.6) is 0 Å². The van der Waals surface area contributed by atoms with E-state index in [1.807, 2.05) is 24.3 Å². The van der Waals surface area contributed by atoms with E-state index >= 15 is 0 Å². The molecule has 0 saturated carbocycles. The number of piperidine rings is 1. The van der Waals surface area contributed by atoms with Crippen LogP contribution < -0.4 is 10.2 Å². The molecule has 4 rings (SSSR count). The second kappa shape index (κ2) is 6.93. The van der Waals surface area contributed by atoms with Crippen LogP contribution in [0.4, 0.5) is 5.82 Å². The summed E-state index contributed by atoms with van der Waals surface area (Å²) in [5, 5.41) is 3.95. The first kappa shape index (κ1) is 15.6. The average Bonchev–Trinajstić information content (AvgIpc) is 3.11. The monoisotopic (exact) mass is 336 g/mol. The number of para-hydroxylation sites is 1. The largest absolute Gasteiger partial charge is 0.451 e. The third kappa shape index (κ3) is 3.47. The highest BCUT2D eigenvalue weighted by Crippen LogP contribution is 2.21. The molecule has 1 aliphatic rings. The van der Waals surface area contributed by atoms with Gasteiger partial charge in [0.2, 0.25) is 0 Å². The van der Waals surface area contributed by atoms with Crippen LogP contribution in [-0.2, 0) is 0 Å². The molecule has 128 valence electrons. The topological polar surface area (TPSA) is 71.3 Å². The number of furan rings is 1. The Labute approximate surface area is 145 Å². The van der Waals surface area contributed by atoms with Gasteiger partial charge >= 0.3 is 0 Å². The summed E-state index contributed by atoms with van der Waals surface area (Å²) in [6.07, 6.45) is 7.25. The Morgan fingerprint density at radius 1 is 1.24 bits per heavy atom. The number of carbonyl (C=O) groups is 1. The van der Waals surface area contributed by atoms with Crippen LogP contribution in [0.25, 0.3) is 11.0 Å². The van der Waals surface area contributed by atoms with Crippen LogP contribution in [-0.4, -0.2) is 35.5 Å². The Balaban J connectivity index is 1.29. The number of amides is 1. The van der Waals surface area contributed by atoms with Crippen molar-refractivity contribution in [3.63, 3.8) is 0 Å². The number of benzene rings is 1. The summed E-state index contributed by atoms with van der Waals surface area (Å²) >= 11 is 0. The number of anilines is 1. The summed E-state index contributed by atoms with van der Waals surface area (Å²) in [7, 11) is 0. The van der Waals surface area contributed by atoms with Crippen LogP contribution in [0, 0.1) is 5.92 Å². The van der Waals surface area contributed by atoms with Crippen molar-refractivity contribution >= 4 is 22.7 Å². The summed E-state index contributed by atoms with van der Waals surface area (Å²) in [6, 6.07) is 9.44. The van der Waals surface area contributed by atoms with Crippen molar-refractivity contribution in [1.29, 1.82) is 0 Å². The van der Waals surface area contributed by atoms with Crippen molar-refractivity contribution < 1.29 is 9.21 Å². The molecule has 1 amide bonds. The van der Waals surface area contributed by atoms with Gasteiger partial charge in [0.1, 0.15) is 11.4 Å². The van der Waals surface area contributed by atoms with Crippen LogP contribution in [0.1, 0.15) is 23.4 Å². The molecule has 6 nitrogen and oxygen atoms in total. The molecule has 6 heteroatoms. The standard InChI is InChI=1S/C19H20N4O2/c24-19(17-11-15-3-1-2-4-16(15)25-17)22-12-14-5-9-23(10-6-14)18-13-20-7-8-21-18/h1-4,7-8,11,13-14H,5-6,9-10,12H2,(H,22,24). The molecule has 3 aromatic rings. The zero-order chi connectivity index (χ0) is 17.1. The van der Waals surface area contributed by atoms with E-state index in [4.69, 9.17) is 4.42 Å². The predicted molar refractivity (Wildman–Crippen MR) is 95.5 cm³/mol. The Morgan fingerprint density at radius 2 is 2.08 bits per heavy atom. The second-order valence-corrected chi connectivity index (χ2v) is 6.35. The number of aromatic nitrogens is 2. The molecule has 1 fully saturated rings. The molecule has 0 bridgehead atoms. The summed E-state index contributed by atoms with van der Waals surface area (Å²) in [5.74, 6) is 1.62. The molecule has 0 atom stereocenters. The molecule has 1 N–H and O–H groups in total. The SMILES string of the molecule is O=C(NCC1CCN(c2cnccn2)CC1)c1cc2ccccc2o1. The van der Waals surface area contributed by atoms with Crippen LogP contribution in [0.15, 0.2) is 53.3 Å². The Kier molecular flexibility index (Phi) is 4.33. The van der Waals surface area contributed by atoms with Gasteiger partial charge in [0, 0.05) is 37.4 Å². The first-order valence-electron chi connectivity index (χ1n) is 8.57. The first-order valence-corrected chi connectivity index (χ1v) is 8.57. The van der Waals surface area contributed by atoms with E-state index in [9.17, 15) is 4.79 Å². The summed E-state index contributed by atoms with van der Waals surface area (Å²) in [6.45, 7) is 2.54. The van der Waals surface area contributed by atoms with Gasteiger partial charge in [-0.2, -0.15) is 0 Å². The quantitative estimate of drug-likeness (QED) is 0.793. The number of fused-ring (bicyclic) bond motifs is 1. The number of carbonyl (C=O) groups excluding carboxylic acids is 1. The Morgan fingerprint density at radius 3 is 2.84 bits per heavy atom. The molecule has 0 radical (unpaired) electrons. The lowest BCUT2D eigenvalue weighted by Gasteiger charge is -2.32. The van der Waals surface area contributed by atoms with Crippen molar-refractivity contribution in [3.05, 3.63) is 54.7 Å². The van der Waals surface area contributed by atoms with Crippen molar-refractivity contribution in [3.8, 4) is 0 Å². The van der Waals surface area contributed by atoms with E-state index in [2.05, 4.69) is 20.2 Å². The molecule has 25 heavy (non-hydrogen) atoms. The lowest BCUT2D eigenvalue weighted by Crippen LogP contribution is -2.39. The van der Waals surface area contributed by atoms with Crippen molar-refractivity contribution in [2.24, 2.45) is 5.92 Å². The predicted octanol–water partition coefficient (Wildman–Crippen LogP) is 2.87. The molecular formula is C19H20N4O2. The van der Waals surface area contributed by atoms with Gasteiger partial charge in [-0.3, -0.25) is 9.78 Å². The van der Waals surface area contributed by atoms with E-state index in [1.54, 1.807) is 24.7 Å². The van der Waals surface area contributed by atoms with Gasteiger partial charge in [-0.05, 0) is 30.9 Å². The number of nitrogens with one attached hydrogen (secondary N) is 1. The number of nitrogens with zero attached hydrogens (tertiary/aromatic N) is 3. The molecule has 1 aromatic carbocycles. The van der Waals surface area contributed by atoms with Gasteiger partial charge in [0.15, 0.2) is 5.76 Å².